The molecule has 0 radical (unpaired) electrons. The van der Waals surface area contributed by atoms with Gasteiger partial charge in [-0.3, -0.25) is 4.40 Å². The van der Waals surface area contributed by atoms with Gasteiger partial charge >= 0.3 is 0 Å². The van der Waals surface area contributed by atoms with E-state index in [-0.39, 0.29) is 0 Å². The van der Waals surface area contributed by atoms with Gasteiger partial charge in [-0.15, -0.1) is 10.2 Å². The Morgan fingerprint density at radius 2 is 1.89 bits per heavy atom. The molecule has 0 bridgehead atoms. The molecule has 0 spiro atoms. The Labute approximate surface area is 161 Å². The van der Waals surface area contributed by atoms with E-state index in [1.807, 2.05) is 24.3 Å². The Balaban J connectivity index is 1.38. The Bertz CT molecular complexity index is 1080. The number of nitrogens with zero attached hydrogens (tertiary/aromatic N) is 3. The molecule has 1 N–H and O–H groups in total. The molecule has 5 nitrogen and oxygen atoms in total. The molecule has 2 aromatic heterocycles. The average Bonchev–Trinajstić information content (AvgIpc) is 3.28. The van der Waals surface area contributed by atoms with Crippen molar-refractivity contribution in [1.29, 1.82) is 0 Å². The monoisotopic (exact) mass is 377 g/mol. The van der Waals surface area contributed by atoms with Gasteiger partial charge in [-0.1, -0.05) is 35.6 Å². The number of ether oxygens (including phenoxy) is 1. The van der Waals surface area contributed by atoms with E-state index < -0.39 is 0 Å². The molecule has 1 atom stereocenters. The number of fused-ring (bicyclic) bond motifs is 2. The normalized spacial score (nSPS) is 16.4. The molecule has 5 rings (SSSR count). The minimum atomic E-state index is 0.847. The lowest BCUT2D eigenvalue weighted by Crippen LogP contribution is -3.10. The van der Waals surface area contributed by atoms with Crippen LogP contribution in [0, 0.1) is 0 Å². The highest BCUT2D eigenvalue weighted by Gasteiger charge is 2.21. The number of rotatable bonds is 4. The second kappa shape index (κ2) is 6.79. The van der Waals surface area contributed by atoms with E-state index in [9.17, 15) is 0 Å². The van der Waals surface area contributed by atoms with Crippen molar-refractivity contribution in [2.24, 2.45) is 0 Å². The van der Waals surface area contributed by atoms with Crippen molar-refractivity contribution in [2.45, 2.75) is 19.5 Å². The van der Waals surface area contributed by atoms with Gasteiger partial charge in [0.2, 0.25) is 4.96 Å². The molecule has 0 saturated heterocycles. The largest absolute Gasteiger partial charge is 0.497 e. The van der Waals surface area contributed by atoms with Crippen LogP contribution in [-0.4, -0.2) is 28.3 Å². The van der Waals surface area contributed by atoms with Gasteiger partial charge in [0, 0.05) is 23.7 Å². The fraction of sp³-hybridized carbons (Fsp3) is 0.238. The lowest BCUT2D eigenvalue weighted by atomic mass is 10.00. The Morgan fingerprint density at radius 1 is 1.07 bits per heavy atom. The zero-order valence-electron chi connectivity index (χ0n) is 15.2. The van der Waals surface area contributed by atoms with E-state index >= 15 is 0 Å². The maximum absolute atomic E-state index is 5.24. The number of methoxy groups -OCH3 is 1. The van der Waals surface area contributed by atoms with Crippen molar-refractivity contribution < 1.29 is 9.64 Å². The number of quaternary nitrogens is 1. The molecule has 0 fully saturated rings. The standard InChI is InChI=1S/C21H20N4OS/c1-26-18-8-6-16(7-9-18)20-22-23-21-25(20)14-19(27-21)13-24-11-10-15-4-2-3-5-17(15)12-24/h2-9,14H,10-13H2,1H3/p+1. The average molecular weight is 377 g/mol. The number of benzene rings is 2. The number of hydrogen-bond donors (Lipinski definition) is 1. The molecule has 2 aromatic carbocycles. The summed E-state index contributed by atoms with van der Waals surface area (Å²) in [5, 5.41) is 8.75. The van der Waals surface area contributed by atoms with Crippen LogP contribution in [0.4, 0.5) is 0 Å². The first kappa shape index (κ1) is 16.5. The topological polar surface area (TPSA) is 43.9 Å². The second-order valence-corrected chi connectivity index (χ2v) is 8.07. The molecule has 0 amide bonds. The Hall–Kier alpha value is -2.70. The van der Waals surface area contributed by atoms with E-state index in [2.05, 4.69) is 45.1 Å². The Kier molecular flexibility index (Phi) is 4.14. The van der Waals surface area contributed by atoms with Gasteiger partial charge in [-0.25, -0.2) is 0 Å². The molecule has 4 aromatic rings. The molecule has 6 heteroatoms. The summed E-state index contributed by atoms with van der Waals surface area (Å²) in [4.78, 5) is 3.91. The SMILES string of the molecule is COc1ccc(-c2nnc3sc(C[NH+]4CCc5ccccc5C4)cn23)cc1. The summed E-state index contributed by atoms with van der Waals surface area (Å²) in [6, 6.07) is 16.8. The van der Waals surface area contributed by atoms with Crippen molar-refractivity contribution in [3.05, 3.63) is 70.7 Å². The third-order valence-corrected chi connectivity index (χ3v) is 6.21. The van der Waals surface area contributed by atoms with Crippen LogP contribution in [0.5, 0.6) is 5.75 Å². The van der Waals surface area contributed by atoms with Crippen molar-refractivity contribution >= 4 is 16.3 Å². The van der Waals surface area contributed by atoms with Gasteiger partial charge in [-0.05, 0) is 29.8 Å². The highest BCUT2D eigenvalue weighted by atomic mass is 32.1. The number of thiazole rings is 1. The lowest BCUT2D eigenvalue weighted by Gasteiger charge is -2.25. The highest BCUT2D eigenvalue weighted by molar-refractivity contribution is 7.17. The van der Waals surface area contributed by atoms with E-state index in [4.69, 9.17) is 4.74 Å². The van der Waals surface area contributed by atoms with Crippen LogP contribution < -0.4 is 9.64 Å². The van der Waals surface area contributed by atoms with Crippen molar-refractivity contribution in [2.75, 3.05) is 13.7 Å². The highest BCUT2D eigenvalue weighted by Crippen LogP contribution is 2.25. The van der Waals surface area contributed by atoms with Crippen LogP contribution in [0.1, 0.15) is 16.0 Å². The summed E-state index contributed by atoms with van der Waals surface area (Å²) >= 11 is 1.74. The molecule has 1 unspecified atom stereocenters. The number of nitrogens with one attached hydrogen (secondary N) is 1. The lowest BCUT2D eigenvalue weighted by molar-refractivity contribution is -0.929. The van der Waals surface area contributed by atoms with Crippen LogP contribution >= 0.6 is 11.3 Å². The molecule has 27 heavy (non-hydrogen) atoms. The van der Waals surface area contributed by atoms with Gasteiger partial charge in [-0.2, -0.15) is 0 Å². The van der Waals surface area contributed by atoms with E-state index in [0.717, 1.165) is 41.6 Å². The molecule has 136 valence electrons. The van der Waals surface area contributed by atoms with E-state index in [0.29, 0.717) is 0 Å². The Morgan fingerprint density at radius 3 is 2.70 bits per heavy atom. The van der Waals surface area contributed by atoms with Gasteiger partial charge in [0.05, 0.1) is 18.5 Å². The summed E-state index contributed by atoms with van der Waals surface area (Å²) in [5.41, 5.74) is 4.04. The van der Waals surface area contributed by atoms with E-state index in [1.165, 1.54) is 22.5 Å². The van der Waals surface area contributed by atoms with Crippen molar-refractivity contribution in [3.8, 4) is 17.1 Å². The van der Waals surface area contributed by atoms with Crippen LogP contribution in [0.15, 0.2) is 54.7 Å². The molecule has 0 saturated carbocycles. The summed E-state index contributed by atoms with van der Waals surface area (Å²) in [5.74, 6) is 1.73. The molecule has 1 aliphatic heterocycles. The summed E-state index contributed by atoms with van der Waals surface area (Å²) in [6.07, 6.45) is 3.36. The molecule has 3 heterocycles. The summed E-state index contributed by atoms with van der Waals surface area (Å²) < 4.78 is 7.35. The van der Waals surface area contributed by atoms with Crippen LogP contribution in [0.3, 0.4) is 0 Å². The summed E-state index contributed by atoms with van der Waals surface area (Å²) in [7, 11) is 1.68. The predicted octanol–water partition coefficient (Wildman–Crippen LogP) is 2.61. The van der Waals surface area contributed by atoms with Gasteiger partial charge in [0.1, 0.15) is 18.8 Å². The number of aromatic nitrogens is 3. The predicted molar refractivity (Wildman–Crippen MR) is 106 cm³/mol. The molecular weight excluding hydrogens is 356 g/mol. The van der Waals surface area contributed by atoms with Crippen LogP contribution in [0.2, 0.25) is 0 Å². The van der Waals surface area contributed by atoms with Gasteiger partial charge < -0.3 is 9.64 Å². The van der Waals surface area contributed by atoms with E-state index in [1.54, 1.807) is 23.3 Å². The van der Waals surface area contributed by atoms with Gasteiger partial charge in [0.25, 0.3) is 0 Å². The third kappa shape index (κ3) is 3.11. The van der Waals surface area contributed by atoms with Crippen LogP contribution in [-0.2, 0) is 19.5 Å². The molecule has 0 aliphatic carbocycles. The number of hydrogen-bond acceptors (Lipinski definition) is 4. The minimum absolute atomic E-state index is 0.847. The zero-order chi connectivity index (χ0) is 18.2. The molecule has 1 aliphatic rings. The van der Waals surface area contributed by atoms with Crippen molar-refractivity contribution in [3.63, 3.8) is 0 Å². The minimum Gasteiger partial charge on any atom is -0.497 e. The maximum Gasteiger partial charge on any atom is 0.216 e. The second-order valence-electron chi connectivity index (χ2n) is 6.97. The third-order valence-electron chi connectivity index (χ3n) is 5.24. The fourth-order valence-corrected chi connectivity index (χ4v) is 4.80. The smallest absolute Gasteiger partial charge is 0.216 e. The first-order valence-electron chi connectivity index (χ1n) is 9.18. The van der Waals surface area contributed by atoms with Crippen LogP contribution in [0.25, 0.3) is 16.3 Å². The van der Waals surface area contributed by atoms with Gasteiger partial charge in [0.15, 0.2) is 5.82 Å². The first-order chi connectivity index (χ1) is 13.3. The summed E-state index contributed by atoms with van der Waals surface area (Å²) in [6.45, 7) is 3.31. The molecular formula is C21H21N4OS+. The van der Waals surface area contributed by atoms with Crippen molar-refractivity contribution in [1.82, 2.24) is 14.6 Å². The fourth-order valence-electron chi connectivity index (χ4n) is 3.81. The quantitative estimate of drug-likeness (QED) is 0.595. The zero-order valence-corrected chi connectivity index (χ0v) is 16.0. The first-order valence-corrected chi connectivity index (χ1v) is 10.00. The maximum atomic E-state index is 5.24.